The van der Waals surface area contributed by atoms with E-state index in [1.54, 1.807) is 17.3 Å². The molecule has 0 radical (unpaired) electrons. The Balaban J connectivity index is 1.75. The maximum atomic E-state index is 12.8. The van der Waals surface area contributed by atoms with Gasteiger partial charge in [-0.25, -0.2) is 4.98 Å². The molecule has 2 atom stereocenters. The highest BCUT2D eigenvalue weighted by atomic mass is 16.5. The first-order valence-corrected chi connectivity index (χ1v) is 7.49. The lowest BCUT2D eigenvalue weighted by atomic mass is 9.92. The van der Waals surface area contributed by atoms with Crippen LogP contribution in [0.4, 0.5) is 0 Å². The van der Waals surface area contributed by atoms with Crippen LogP contribution in [-0.4, -0.2) is 44.2 Å². The van der Waals surface area contributed by atoms with Crippen LogP contribution in [0.5, 0.6) is 0 Å². The molecular weight excluding hydrogens is 282 g/mol. The number of imidazole rings is 1. The number of carbonyl (C=O) groups excluding carboxylic acids is 1. The summed E-state index contributed by atoms with van der Waals surface area (Å²) in [5.74, 6) is 0.707. The van der Waals surface area contributed by atoms with Crippen LogP contribution in [0.1, 0.15) is 30.5 Å². The highest BCUT2D eigenvalue weighted by molar-refractivity contribution is 5.79. The number of aryl methyl sites for hydroxylation is 1. The van der Waals surface area contributed by atoms with Crippen LogP contribution in [0.25, 0.3) is 0 Å². The number of hydrogen-bond donors (Lipinski definition) is 1. The summed E-state index contributed by atoms with van der Waals surface area (Å²) in [6, 6.07) is 1.87. The number of rotatable bonds is 4. The number of hydrogen-bond acceptors (Lipinski definition) is 4. The topological polar surface area (TPSA) is 76.0 Å². The monoisotopic (exact) mass is 303 g/mol. The van der Waals surface area contributed by atoms with Gasteiger partial charge >= 0.3 is 0 Å². The molecule has 0 aliphatic carbocycles. The number of amides is 1. The summed E-state index contributed by atoms with van der Waals surface area (Å²) in [4.78, 5) is 18.9. The predicted molar refractivity (Wildman–Crippen MR) is 79.7 cm³/mol. The van der Waals surface area contributed by atoms with Crippen molar-refractivity contribution in [2.24, 2.45) is 13.0 Å². The summed E-state index contributed by atoms with van der Waals surface area (Å²) in [6.07, 6.45) is 6.75. The third kappa shape index (κ3) is 2.89. The number of carbonyl (C=O) groups is 1. The van der Waals surface area contributed by atoms with Crippen molar-refractivity contribution in [2.45, 2.75) is 25.5 Å². The predicted octanol–water partition coefficient (Wildman–Crippen LogP) is 1.27. The second-order valence-corrected chi connectivity index (χ2v) is 5.71. The Labute approximate surface area is 129 Å². The molecule has 1 aliphatic heterocycles. The Bertz CT molecular complexity index is 622. The fourth-order valence-corrected chi connectivity index (χ4v) is 2.93. The standard InChI is InChI=1S/C15H21N5O2/c1-19-8-7-16-14(19)13-12(4-3-9-22-13)15(21)20(2)10-11-5-6-17-18-11/h5-8,12-13H,3-4,9-10H2,1-2H3,(H,17,18)/t12-,13-/m1/s1. The van der Waals surface area contributed by atoms with Gasteiger partial charge in [-0.1, -0.05) is 0 Å². The van der Waals surface area contributed by atoms with Gasteiger partial charge in [-0.2, -0.15) is 5.10 Å². The van der Waals surface area contributed by atoms with Crippen LogP contribution in [0.3, 0.4) is 0 Å². The molecule has 1 amide bonds. The molecule has 1 N–H and O–H groups in total. The van der Waals surface area contributed by atoms with Crippen LogP contribution in [-0.2, 0) is 23.1 Å². The second-order valence-electron chi connectivity index (χ2n) is 5.71. The summed E-state index contributed by atoms with van der Waals surface area (Å²) in [5, 5.41) is 6.80. The summed E-state index contributed by atoms with van der Waals surface area (Å²) in [5.41, 5.74) is 0.918. The van der Waals surface area contributed by atoms with E-state index in [4.69, 9.17) is 4.74 Å². The molecule has 3 rings (SSSR count). The van der Waals surface area contributed by atoms with Crippen LogP contribution in [0.2, 0.25) is 0 Å². The average Bonchev–Trinajstić information content (AvgIpc) is 3.18. The minimum absolute atomic E-state index is 0.0855. The highest BCUT2D eigenvalue weighted by Crippen LogP contribution is 2.33. The highest BCUT2D eigenvalue weighted by Gasteiger charge is 2.36. The van der Waals surface area contributed by atoms with Crippen molar-refractivity contribution >= 4 is 5.91 Å². The molecule has 3 heterocycles. The Morgan fingerprint density at radius 1 is 1.55 bits per heavy atom. The molecule has 7 nitrogen and oxygen atoms in total. The fraction of sp³-hybridized carbons (Fsp3) is 0.533. The van der Waals surface area contributed by atoms with Crippen LogP contribution < -0.4 is 0 Å². The lowest BCUT2D eigenvalue weighted by molar-refractivity contribution is -0.145. The Morgan fingerprint density at radius 3 is 3.09 bits per heavy atom. The normalized spacial score (nSPS) is 21.7. The van der Waals surface area contributed by atoms with Gasteiger partial charge in [-0.3, -0.25) is 9.89 Å². The van der Waals surface area contributed by atoms with Crippen molar-refractivity contribution in [3.05, 3.63) is 36.2 Å². The van der Waals surface area contributed by atoms with E-state index in [1.807, 2.05) is 30.9 Å². The van der Waals surface area contributed by atoms with Crippen LogP contribution in [0, 0.1) is 5.92 Å². The van der Waals surface area contributed by atoms with Crippen molar-refractivity contribution in [3.8, 4) is 0 Å². The van der Waals surface area contributed by atoms with Gasteiger partial charge in [0.05, 0.1) is 18.2 Å². The van der Waals surface area contributed by atoms with E-state index in [1.165, 1.54) is 0 Å². The molecule has 1 fully saturated rings. The number of aromatic amines is 1. The minimum atomic E-state index is -0.273. The zero-order valence-electron chi connectivity index (χ0n) is 12.9. The zero-order valence-corrected chi connectivity index (χ0v) is 12.9. The van der Waals surface area contributed by atoms with Gasteiger partial charge in [-0.15, -0.1) is 0 Å². The minimum Gasteiger partial charge on any atom is -0.369 e. The summed E-state index contributed by atoms with van der Waals surface area (Å²) in [6.45, 7) is 1.19. The largest absolute Gasteiger partial charge is 0.369 e. The molecule has 0 aromatic carbocycles. The second kappa shape index (κ2) is 6.31. The molecule has 1 aliphatic rings. The van der Waals surface area contributed by atoms with Crippen LogP contribution >= 0.6 is 0 Å². The molecule has 0 spiro atoms. The molecule has 118 valence electrons. The molecule has 0 saturated carbocycles. The number of H-pyrrole nitrogens is 1. The van der Waals surface area contributed by atoms with Crippen molar-refractivity contribution in [3.63, 3.8) is 0 Å². The molecule has 0 bridgehead atoms. The molecular formula is C15H21N5O2. The first kappa shape index (κ1) is 14.8. The van der Waals surface area contributed by atoms with Crippen molar-refractivity contribution in [2.75, 3.05) is 13.7 Å². The summed E-state index contributed by atoms with van der Waals surface area (Å²) >= 11 is 0. The lowest BCUT2D eigenvalue weighted by Crippen LogP contribution is -2.39. The Hall–Kier alpha value is -2.15. The zero-order chi connectivity index (χ0) is 15.5. The van der Waals surface area contributed by atoms with E-state index in [9.17, 15) is 4.79 Å². The molecule has 2 aromatic rings. The Morgan fingerprint density at radius 2 is 2.41 bits per heavy atom. The van der Waals surface area contributed by atoms with Gasteiger partial charge in [0.15, 0.2) is 0 Å². The van der Waals surface area contributed by atoms with Gasteiger partial charge < -0.3 is 14.2 Å². The molecule has 2 aromatic heterocycles. The van der Waals surface area contributed by atoms with E-state index >= 15 is 0 Å². The average molecular weight is 303 g/mol. The maximum absolute atomic E-state index is 12.8. The molecule has 22 heavy (non-hydrogen) atoms. The van der Waals surface area contributed by atoms with Crippen molar-refractivity contribution < 1.29 is 9.53 Å². The summed E-state index contributed by atoms with van der Waals surface area (Å²) in [7, 11) is 3.74. The number of nitrogens with zero attached hydrogens (tertiary/aromatic N) is 4. The Kier molecular flexibility index (Phi) is 4.24. The third-order valence-corrected chi connectivity index (χ3v) is 4.09. The first-order chi connectivity index (χ1) is 10.7. The summed E-state index contributed by atoms with van der Waals surface area (Å²) < 4.78 is 7.79. The number of nitrogens with one attached hydrogen (secondary N) is 1. The van der Waals surface area contributed by atoms with Gasteiger partial charge in [-0.05, 0) is 18.9 Å². The van der Waals surface area contributed by atoms with E-state index in [-0.39, 0.29) is 17.9 Å². The van der Waals surface area contributed by atoms with Gasteiger partial charge in [0.2, 0.25) is 5.91 Å². The SMILES string of the molecule is CN(Cc1ccn[nH]1)C(=O)[C@@H]1CCCO[C@H]1c1nccn1C. The quantitative estimate of drug-likeness (QED) is 0.923. The third-order valence-electron chi connectivity index (χ3n) is 4.09. The fourth-order valence-electron chi connectivity index (χ4n) is 2.93. The molecule has 7 heteroatoms. The smallest absolute Gasteiger partial charge is 0.228 e. The van der Waals surface area contributed by atoms with Crippen molar-refractivity contribution in [1.82, 2.24) is 24.6 Å². The van der Waals surface area contributed by atoms with Gasteiger partial charge in [0, 0.05) is 39.3 Å². The number of ether oxygens (including phenoxy) is 1. The molecule has 1 saturated heterocycles. The van der Waals surface area contributed by atoms with Gasteiger partial charge in [0.25, 0.3) is 0 Å². The van der Waals surface area contributed by atoms with E-state index < -0.39 is 0 Å². The van der Waals surface area contributed by atoms with E-state index in [0.717, 1.165) is 24.4 Å². The first-order valence-electron chi connectivity index (χ1n) is 7.49. The maximum Gasteiger partial charge on any atom is 0.228 e. The van der Waals surface area contributed by atoms with Crippen LogP contribution in [0.15, 0.2) is 24.7 Å². The number of aromatic nitrogens is 4. The van der Waals surface area contributed by atoms with Gasteiger partial charge in [0.1, 0.15) is 11.9 Å². The van der Waals surface area contributed by atoms with Crippen molar-refractivity contribution in [1.29, 1.82) is 0 Å². The lowest BCUT2D eigenvalue weighted by Gasteiger charge is -2.33. The van der Waals surface area contributed by atoms with E-state index in [2.05, 4.69) is 15.2 Å². The molecule has 0 unspecified atom stereocenters. The van der Waals surface area contributed by atoms with E-state index in [0.29, 0.717) is 13.2 Å².